The van der Waals surface area contributed by atoms with E-state index in [1.54, 1.807) is 18.2 Å². The maximum Gasteiger partial charge on any atom is 0.348 e. The van der Waals surface area contributed by atoms with Crippen molar-refractivity contribution in [2.75, 3.05) is 0 Å². The van der Waals surface area contributed by atoms with Crippen LogP contribution in [0.5, 0.6) is 0 Å². The number of nitrogens with zero attached hydrogens (tertiary/aromatic N) is 1. The Hall–Kier alpha value is -1.91. The van der Waals surface area contributed by atoms with Gasteiger partial charge in [-0.15, -0.1) is 0 Å². The second-order valence-electron chi connectivity index (χ2n) is 2.52. The summed E-state index contributed by atoms with van der Waals surface area (Å²) in [5.74, 6) is -1.49. The van der Waals surface area contributed by atoms with Crippen LogP contribution in [0.3, 0.4) is 0 Å². The smallest absolute Gasteiger partial charge is 0.348 e. The summed E-state index contributed by atoms with van der Waals surface area (Å²) >= 11 is 0. The van der Waals surface area contributed by atoms with E-state index in [-0.39, 0.29) is 12.4 Å². The van der Waals surface area contributed by atoms with Gasteiger partial charge < -0.3 is 10.5 Å². The molecule has 0 heterocycles. The summed E-state index contributed by atoms with van der Waals surface area (Å²) < 4.78 is 13.0. The molecule has 4 nitrogen and oxygen atoms in total. The lowest BCUT2D eigenvalue weighted by atomic mass is 10.2. The fraction of sp³-hybridized carbons (Fsp3) is 0.111. The number of carboxylic acid groups (broad SMARTS) is 1. The van der Waals surface area contributed by atoms with Crippen LogP contribution in [0.4, 0.5) is 4.39 Å². The third kappa shape index (κ3) is 3.22. The largest absolute Gasteiger partial charge is 0.477 e. The molecule has 14 heavy (non-hydrogen) atoms. The summed E-state index contributed by atoms with van der Waals surface area (Å²) in [4.78, 5) is 10.0. The molecule has 1 aromatic rings. The van der Waals surface area contributed by atoms with Crippen LogP contribution in [0.25, 0.3) is 0 Å². The molecule has 74 valence electrons. The minimum absolute atomic E-state index is 0.163. The molecule has 0 radical (unpaired) electrons. The Labute approximate surface area is 80.1 Å². The van der Waals surface area contributed by atoms with E-state index in [9.17, 15) is 9.18 Å². The molecule has 0 aliphatic heterocycles. The van der Waals surface area contributed by atoms with Crippen molar-refractivity contribution in [2.45, 2.75) is 6.54 Å². The first kappa shape index (κ1) is 10.2. The van der Waals surface area contributed by atoms with Gasteiger partial charge >= 0.3 is 5.97 Å². The summed E-state index contributed by atoms with van der Waals surface area (Å²) in [7, 11) is 0. The van der Waals surface area contributed by atoms with Gasteiger partial charge in [0.15, 0.2) is 0 Å². The predicted molar refractivity (Wildman–Crippen MR) is 49.4 cm³/mol. The van der Waals surface area contributed by atoms with E-state index in [1.165, 1.54) is 6.07 Å². The Kier molecular flexibility index (Phi) is 3.60. The maximum atomic E-state index is 13.0. The van der Waals surface area contributed by atoms with Gasteiger partial charge in [0.2, 0.25) is 0 Å². The van der Waals surface area contributed by atoms with Crippen molar-refractivity contribution in [3.05, 3.63) is 35.6 Å². The lowest BCUT2D eigenvalue weighted by Gasteiger charge is -2.00. The molecule has 0 aliphatic rings. The molecule has 5 heteroatoms. The first-order valence-corrected chi connectivity index (χ1v) is 3.92. The number of nitrogens with one attached hydrogen (secondary N) is 1. The molecule has 0 unspecified atom stereocenters. The van der Waals surface area contributed by atoms with Gasteiger partial charge in [-0.05, 0) is 6.07 Å². The van der Waals surface area contributed by atoms with Crippen molar-refractivity contribution in [2.24, 2.45) is 5.10 Å². The monoisotopic (exact) mass is 196 g/mol. The van der Waals surface area contributed by atoms with E-state index >= 15 is 0 Å². The van der Waals surface area contributed by atoms with Gasteiger partial charge in [0.05, 0.1) is 6.54 Å². The summed E-state index contributed by atoms with van der Waals surface area (Å²) in [5.41, 5.74) is 2.86. The van der Waals surface area contributed by atoms with Crippen LogP contribution in [0.2, 0.25) is 0 Å². The average molecular weight is 196 g/mol. The van der Waals surface area contributed by atoms with Gasteiger partial charge in [-0.1, -0.05) is 18.2 Å². The van der Waals surface area contributed by atoms with E-state index in [2.05, 4.69) is 10.5 Å². The zero-order valence-corrected chi connectivity index (χ0v) is 7.27. The Balaban J connectivity index is 2.46. The first-order valence-electron chi connectivity index (χ1n) is 3.92. The van der Waals surface area contributed by atoms with E-state index in [1.807, 2.05) is 0 Å². The average Bonchev–Trinajstić information content (AvgIpc) is 2.15. The number of carboxylic acids is 1. The Morgan fingerprint density at radius 1 is 1.57 bits per heavy atom. The normalized spacial score (nSPS) is 10.4. The van der Waals surface area contributed by atoms with E-state index < -0.39 is 5.97 Å². The number of hydrogen-bond donors (Lipinski definition) is 2. The van der Waals surface area contributed by atoms with Crippen LogP contribution in [0.15, 0.2) is 29.4 Å². The van der Waals surface area contributed by atoms with Crippen LogP contribution >= 0.6 is 0 Å². The van der Waals surface area contributed by atoms with Crippen LogP contribution in [0.1, 0.15) is 5.56 Å². The van der Waals surface area contributed by atoms with Gasteiger partial charge in [-0.25, -0.2) is 9.18 Å². The molecule has 0 bridgehead atoms. The molecule has 2 N–H and O–H groups in total. The summed E-state index contributed by atoms with van der Waals surface area (Å²) in [6.45, 7) is 0.163. The fourth-order valence-electron chi connectivity index (χ4n) is 0.873. The molecular weight excluding hydrogens is 187 g/mol. The zero-order chi connectivity index (χ0) is 10.4. The quantitative estimate of drug-likeness (QED) is 0.557. The number of benzene rings is 1. The number of hydrogen-bond acceptors (Lipinski definition) is 3. The number of carbonyl (C=O) groups is 1. The predicted octanol–water partition coefficient (Wildman–Crippen LogP) is 0.986. The number of aliphatic carboxylic acids is 1. The van der Waals surface area contributed by atoms with Crippen molar-refractivity contribution in [3.8, 4) is 0 Å². The Bertz CT molecular complexity index is 352. The minimum atomic E-state index is -1.15. The van der Waals surface area contributed by atoms with Gasteiger partial charge in [0.25, 0.3) is 0 Å². The SMILES string of the molecule is O=C(O)/C=N/NCc1ccccc1F. The van der Waals surface area contributed by atoms with Crippen molar-refractivity contribution < 1.29 is 14.3 Å². The second kappa shape index (κ2) is 4.96. The molecule has 1 rings (SSSR count). The third-order valence-electron chi connectivity index (χ3n) is 1.49. The summed E-state index contributed by atoms with van der Waals surface area (Å²) in [6.07, 6.45) is 0.709. The Morgan fingerprint density at radius 3 is 2.93 bits per heavy atom. The van der Waals surface area contributed by atoms with Crippen LogP contribution in [-0.4, -0.2) is 17.3 Å². The molecular formula is C9H9FN2O2. The van der Waals surface area contributed by atoms with Crippen molar-refractivity contribution in [1.29, 1.82) is 0 Å². The fourth-order valence-corrected chi connectivity index (χ4v) is 0.873. The lowest BCUT2D eigenvalue weighted by molar-refractivity contribution is -0.128. The van der Waals surface area contributed by atoms with Crippen LogP contribution in [0, 0.1) is 5.82 Å². The second-order valence-corrected chi connectivity index (χ2v) is 2.52. The third-order valence-corrected chi connectivity index (χ3v) is 1.49. The topological polar surface area (TPSA) is 61.7 Å². The molecule has 0 spiro atoms. The van der Waals surface area contributed by atoms with Gasteiger partial charge in [-0.3, -0.25) is 0 Å². The van der Waals surface area contributed by atoms with Crippen LogP contribution < -0.4 is 5.43 Å². The molecule has 1 aromatic carbocycles. The lowest BCUT2D eigenvalue weighted by Crippen LogP contribution is -2.09. The molecule has 0 saturated carbocycles. The molecule has 0 saturated heterocycles. The molecule has 0 amide bonds. The maximum absolute atomic E-state index is 13.0. The zero-order valence-electron chi connectivity index (χ0n) is 7.27. The highest BCUT2D eigenvalue weighted by Crippen LogP contribution is 2.04. The van der Waals surface area contributed by atoms with Crippen LogP contribution in [-0.2, 0) is 11.3 Å². The number of rotatable bonds is 4. The van der Waals surface area contributed by atoms with E-state index in [4.69, 9.17) is 5.11 Å². The number of hydrazone groups is 1. The highest BCUT2D eigenvalue weighted by Gasteiger charge is 1.97. The van der Waals surface area contributed by atoms with Crippen molar-refractivity contribution in [1.82, 2.24) is 5.43 Å². The van der Waals surface area contributed by atoms with E-state index in [0.29, 0.717) is 11.8 Å². The molecule has 0 aromatic heterocycles. The highest BCUT2D eigenvalue weighted by molar-refractivity contribution is 6.21. The molecule has 0 aliphatic carbocycles. The van der Waals surface area contributed by atoms with Crippen molar-refractivity contribution >= 4 is 12.2 Å². The standard InChI is InChI=1S/C9H9FN2O2/c10-8-4-2-1-3-7(8)5-11-12-6-9(13)14/h1-4,6,11H,5H2,(H,13,14)/b12-6+. The summed E-state index contributed by atoms with van der Waals surface area (Å²) in [5, 5.41) is 11.6. The molecule has 0 atom stereocenters. The van der Waals surface area contributed by atoms with E-state index in [0.717, 1.165) is 0 Å². The van der Waals surface area contributed by atoms with Gasteiger partial charge in [0, 0.05) is 5.56 Å². The minimum Gasteiger partial charge on any atom is -0.477 e. The molecule has 0 fully saturated rings. The van der Waals surface area contributed by atoms with Gasteiger partial charge in [0.1, 0.15) is 12.0 Å². The van der Waals surface area contributed by atoms with Gasteiger partial charge in [-0.2, -0.15) is 5.10 Å². The Morgan fingerprint density at radius 2 is 2.29 bits per heavy atom. The summed E-state index contributed by atoms with van der Waals surface area (Å²) in [6, 6.07) is 6.21. The highest BCUT2D eigenvalue weighted by atomic mass is 19.1. The van der Waals surface area contributed by atoms with Crippen molar-refractivity contribution in [3.63, 3.8) is 0 Å². The number of halogens is 1. The first-order chi connectivity index (χ1) is 6.70.